The van der Waals surface area contributed by atoms with Gasteiger partial charge in [-0.1, -0.05) is 18.2 Å². The molecule has 4 N–H and O–H groups in total. The summed E-state index contributed by atoms with van der Waals surface area (Å²) >= 11 is 0. The van der Waals surface area contributed by atoms with Crippen LogP contribution in [0, 0.1) is 0 Å². The van der Waals surface area contributed by atoms with E-state index >= 15 is 0 Å². The zero-order valence-corrected chi connectivity index (χ0v) is 26.3. The molecule has 3 saturated heterocycles. The van der Waals surface area contributed by atoms with Gasteiger partial charge in [-0.3, -0.25) is 37.2 Å². The van der Waals surface area contributed by atoms with Crippen molar-refractivity contribution in [3.63, 3.8) is 0 Å². The molecule has 5 unspecified atom stereocenters. The van der Waals surface area contributed by atoms with Crippen LogP contribution in [0.2, 0.25) is 0 Å². The minimum atomic E-state index is -5.36. The molecule has 0 aliphatic carbocycles. The van der Waals surface area contributed by atoms with E-state index in [-0.39, 0.29) is 23.5 Å². The summed E-state index contributed by atoms with van der Waals surface area (Å²) in [5.74, 6) is -0.0540. The second-order valence-electron chi connectivity index (χ2n) is 11.0. The molecule has 0 saturated carbocycles. The first-order chi connectivity index (χ1) is 22.7. The van der Waals surface area contributed by atoms with Crippen molar-refractivity contribution in [2.24, 2.45) is 0 Å². The van der Waals surface area contributed by atoms with Crippen LogP contribution >= 0.6 is 15.6 Å². The lowest BCUT2D eigenvalue weighted by Gasteiger charge is -2.27. The maximum atomic E-state index is 13.7. The standard InChI is InChI=1S/C25H27F3N6O12P2/c1-29-24-31-21-18(22(35)32-24)30-11-34(21)23-20-19(44-25(26,27)28)16(43-23)10-41-47(36,37)45-14-8-17(42-15(14)9-40-48(38,39)46-20)33-7-6-12-4-2-3-5-13(12)33/h2-7,11,14-17,19-20,23H,8-10H2,1H3,(H,36,37)(H,38,39)(H2,29,31,32,35)/t14?,15-,16-,17-,19?,20?,23-/m1/s1. The van der Waals surface area contributed by atoms with E-state index in [1.807, 2.05) is 24.3 Å². The second kappa shape index (κ2) is 12.3. The molecule has 9 atom stereocenters. The first-order valence-corrected chi connectivity index (χ1v) is 17.3. The fourth-order valence-corrected chi connectivity index (χ4v) is 7.80. The van der Waals surface area contributed by atoms with Gasteiger partial charge >= 0.3 is 22.0 Å². The normalized spacial score (nSPS) is 34.8. The summed E-state index contributed by atoms with van der Waals surface area (Å²) in [7, 11) is -8.94. The number of H-pyrrole nitrogens is 1. The molecule has 23 heteroatoms. The minimum absolute atomic E-state index is 0.0456. The van der Waals surface area contributed by atoms with Crippen molar-refractivity contribution in [3.8, 4) is 0 Å². The van der Waals surface area contributed by atoms with E-state index in [0.29, 0.717) is 0 Å². The van der Waals surface area contributed by atoms with Crippen LogP contribution in [0.1, 0.15) is 18.9 Å². The fourth-order valence-electron chi connectivity index (χ4n) is 5.91. The molecule has 6 heterocycles. The molecular weight excluding hydrogens is 695 g/mol. The number of imidazole rings is 1. The Balaban J connectivity index is 1.23. The van der Waals surface area contributed by atoms with Gasteiger partial charge < -0.3 is 29.1 Å². The van der Waals surface area contributed by atoms with Gasteiger partial charge in [0.05, 0.1) is 25.1 Å². The van der Waals surface area contributed by atoms with Crippen LogP contribution in [0.4, 0.5) is 19.1 Å². The predicted molar refractivity (Wildman–Crippen MR) is 154 cm³/mol. The fraction of sp³-hybridized carbons (Fsp3) is 0.480. The largest absolute Gasteiger partial charge is 0.522 e. The number of ether oxygens (including phenoxy) is 3. The van der Waals surface area contributed by atoms with Crippen molar-refractivity contribution < 1.29 is 64.4 Å². The quantitative estimate of drug-likeness (QED) is 0.223. The van der Waals surface area contributed by atoms with Gasteiger partial charge in [0, 0.05) is 19.7 Å². The molecule has 0 spiro atoms. The van der Waals surface area contributed by atoms with Crippen molar-refractivity contribution in [1.29, 1.82) is 0 Å². The van der Waals surface area contributed by atoms with Gasteiger partial charge in [-0.2, -0.15) is 4.98 Å². The molecule has 3 fully saturated rings. The van der Waals surface area contributed by atoms with Crippen molar-refractivity contribution in [3.05, 3.63) is 53.2 Å². The molecule has 260 valence electrons. The number of hydrogen-bond donors (Lipinski definition) is 4. The van der Waals surface area contributed by atoms with Gasteiger partial charge in [0.15, 0.2) is 17.4 Å². The van der Waals surface area contributed by atoms with Crippen LogP contribution in [0.5, 0.6) is 0 Å². The summed E-state index contributed by atoms with van der Waals surface area (Å²) < 4.78 is 107. The van der Waals surface area contributed by atoms with E-state index in [1.165, 1.54) is 7.05 Å². The number of benzene rings is 1. The zero-order valence-electron chi connectivity index (χ0n) is 24.5. The van der Waals surface area contributed by atoms with E-state index in [1.54, 1.807) is 16.8 Å². The SMILES string of the molecule is CNc1nc2c(ncn2[C@@H]2O[C@@H]3COP(=O)(O)OC4C[C@H](n5ccc6ccccc65)O[C@@H]4COP(=O)(O)OC2C3OC(F)(F)F)c(=O)[nH]1. The number of rotatable bonds is 4. The number of alkyl halides is 3. The molecule has 4 aromatic rings. The average Bonchev–Trinajstić information content (AvgIpc) is 3.79. The molecule has 1 aromatic carbocycles. The van der Waals surface area contributed by atoms with E-state index in [0.717, 1.165) is 21.8 Å². The second-order valence-corrected chi connectivity index (χ2v) is 13.8. The topological polar surface area (TPSA) is 220 Å². The van der Waals surface area contributed by atoms with Gasteiger partial charge in [0.2, 0.25) is 5.95 Å². The predicted octanol–water partition coefficient (Wildman–Crippen LogP) is 2.92. The number of fused-ring (bicyclic) bond motifs is 5. The number of nitrogens with zero attached hydrogens (tertiary/aromatic N) is 4. The number of para-hydroxylation sites is 1. The van der Waals surface area contributed by atoms with E-state index in [9.17, 15) is 36.9 Å². The molecule has 48 heavy (non-hydrogen) atoms. The van der Waals surface area contributed by atoms with Gasteiger partial charge in [0.25, 0.3) is 5.56 Å². The van der Waals surface area contributed by atoms with Gasteiger partial charge in [-0.25, -0.2) is 14.1 Å². The van der Waals surface area contributed by atoms with Crippen molar-refractivity contribution in [1.82, 2.24) is 24.1 Å². The first kappa shape index (κ1) is 33.3. The highest BCUT2D eigenvalue weighted by molar-refractivity contribution is 7.47. The van der Waals surface area contributed by atoms with Crippen LogP contribution in [0.15, 0.2) is 47.7 Å². The lowest BCUT2D eigenvalue weighted by atomic mass is 10.1. The average molecular weight is 722 g/mol. The van der Waals surface area contributed by atoms with Crippen LogP contribution in [-0.4, -0.2) is 91.0 Å². The van der Waals surface area contributed by atoms with Crippen LogP contribution in [-0.2, 0) is 41.4 Å². The number of halogens is 3. The number of aromatic amines is 1. The highest BCUT2D eigenvalue weighted by Gasteiger charge is 2.56. The molecule has 2 bridgehead atoms. The van der Waals surface area contributed by atoms with Gasteiger partial charge in [-0.05, 0) is 17.5 Å². The Morgan fingerprint density at radius 1 is 1.02 bits per heavy atom. The van der Waals surface area contributed by atoms with E-state index < -0.39 is 83.8 Å². The number of hydrogen-bond acceptors (Lipinski definition) is 13. The molecule has 3 aliphatic heterocycles. The Kier molecular flexibility index (Phi) is 8.53. The number of aromatic nitrogens is 5. The number of nitrogens with one attached hydrogen (secondary N) is 2. The summed E-state index contributed by atoms with van der Waals surface area (Å²) in [5.41, 5.74) is -0.441. The number of anilines is 1. The third-order valence-electron chi connectivity index (χ3n) is 7.95. The monoisotopic (exact) mass is 722 g/mol. The molecule has 0 amide bonds. The van der Waals surface area contributed by atoms with E-state index in [4.69, 9.17) is 27.6 Å². The summed E-state index contributed by atoms with van der Waals surface area (Å²) in [4.78, 5) is 44.5. The zero-order chi connectivity index (χ0) is 34.0. The Hall–Kier alpha value is -3.20. The Morgan fingerprint density at radius 2 is 1.75 bits per heavy atom. The van der Waals surface area contributed by atoms with Crippen LogP contribution in [0.3, 0.4) is 0 Å². The minimum Gasteiger partial charge on any atom is -0.359 e. The maximum absolute atomic E-state index is 13.7. The third kappa shape index (κ3) is 6.56. The molecule has 3 aliphatic rings. The van der Waals surface area contributed by atoms with Crippen molar-refractivity contribution in [2.45, 2.75) is 55.8 Å². The Labute approximate surface area is 266 Å². The summed E-state index contributed by atoms with van der Waals surface area (Å²) in [6.07, 6.45) is -14.0. The molecule has 7 rings (SSSR count). The highest BCUT2D eigenvalue weighted by Crippen LogP contribution is 2.54. The van der Waals surface area contributed by atoms with Crippen LogP contribution < -0.4 is 10.9 Å². The molecule has 18 nitrogen and oxygen atoms in total. The Bertz CT molecular complexity index is 1990. The summed E-state index contributed by atoms with van der Waals surface area (Å²) in [6, 6.07) is 9.14. The lowest BCUT2D eigenvalue weighted by molar-refractivity contribution is -0.352. The van der Waals surface area contributed by atoms with E-state index in [2.05, 4.69) is 25.0 Å². The Morgan fingerprint density at radius 3 is 2.50 bits per heavy atom. The van der Waals surface area contributed by atoms with Gasteiger partial charge in [-0.15, -0.1) is 13.2 Å². The molecule has 0 radical (unpaired) electrons. The maximum Gasteiger partial charge on any atom is 0.522 e. The number of phosphoric acid groups is 2. The highest BCUT2D eigenvalue weighted by atomic mass is 31.2. The summed E-state index contributed by atoms with van der Waals surface area (Å²) in [6.45, 7) is -1.81. The third-order valence-corrected chi connectivity index (χ3v) is 9.94. The van der Waals surface area contributed by atoms with Crippen LogP contribution in [0.25, 0.3) is 22.1 Å². The number of phosphoric ester groups is 2. The smallest absolute Gasteiger partial charge is 0.359 e. The van der Waals surface area contributed by atoms with Crippen molar-refractivity contribution >= 4 is 43.7 Å². The van der Waals surface area contributed by atoms with Gasteiger partial charge in [0.1, 0.15) is 36.7 Å². The molecular formula is C25H27F3N6O12P2. The molecule has 3 aromatic heterocycles. The summed E-state index contributed by atoms with van der Waals surface area (Å²) in [5, 5.41) is 3.48. The first-order valence-electron chi connectivity index (χ1n) is 14.3. The van der Waals surface area contributed by atoms with Crippen molar-refractivity contribution in [2.75, 3.05) is 25.6 Å². The lowest BCUT2D eigenvalue weighted by Crippen LogP contribution is -2.41.